The van der Waals surface area contributed by atoms with Gasteiger partial charge in [-0.3, -0.25) is 14.4 Å². The van der Waals surface area contributed by atoms with Crippen molar-refractivity contribution < 1.29 is 23.5 Å². The molecular formula is C22H27N3O5. The molecule has 0 atom stereocenters. The second-order valence-electron chi connectivity index (χ2n) is 7.20. The molecule has 3 amide bonds. The minimum atomic E-state index is -0.303. The number of ether oxygens (including phenoxy) is 1. The summed E-state index contributed by atoms with van der Waals surface area (Å²) in [6.45, 7) is 5.27. The van der Waals surface area contributed by atoms with Crippen LogP contribution in [0.4, 0.5) is 0 Å². The number of nitrogens with zero attached hydrogens (tertiary/aromatic N) is 1. The minimum absolute atomic E-state index is 0.00973. The smallest absolute Gasteiger partial charge is 0.287 e. The summed E-state index contributed by atoms with van der Waals surface area (Å²) < 4.78 is 10.6. The zero-order valence-electron chi connectivity index (χ0n) is 17.3. The van der Waals surface area contributed by atoms with E-state index < -0.39 is 0 Å². The predicted octanol–water partition coefficient (Wildman–Crippen LogP) is 2.14. The molecule has 160 valence electrons. The predicted molar refractivity (Wildman–Crippen MR) is 110 cm³/mol. The summed E-state index contributed by atoms with van der Waals surface area (Å²) in [5.74, 6) is 0.348. The van der Waals surface area contributed by atoms with Crippen molar-refractivity contribution in [2.24, 2.45) is 0 Å². The number of carbonyl (C=O) groups excluding carboxylic acids is 3. The van der Waals surface area contributed by atoms with Crippen LogP contribution >= 0.6 is 0 Å². The third-order valence-electron chi connectivity index (χ3n) is 5.08. The molecule has 8 nitrogen and oxygen atoms in total. The molecule has 0 aliphatic carbocycles. The number of carbonyl (C=O) groups is 3. The van der Waals surface area contributed by atoms with Gasteiger partial charge in [0.1, 0.15) is 5.75 Å². The topological polar surface area (TPSA) is 101 Å². The molecule has 1 aromatic carbocycles. The van der Waals surface area contributed by atoms with Gasteiger partial charge in [-0.2, -0.15) is 0 Å². The van der Waals surface area contributed by atoms with Gasteiger partial charge in [-0.1, -0.05) is 0 Å². The summed E-state index contributed by atoms with van der Waals surface area (Å²) >= 11 is 0. The first-order valence-electron chi connectivity index (χ1n) is 10.1. The van der Waals surface area contributed by atoms with Crippen molar-refractivity contribution >= 4 is 17.7 Å². The van der Waals surface area contributed by atoms with Crippen LogP contribution < -0.4 is 15.4 Å². The largest absolute Gasteiger partial charge is 0.494 e. The van der Waals surface area contributed by atoms with Crippen LogP contribution in [0.15, 0.2) is 41.0 Å². The summed E-state index contributed by atoms with van der Waals surface area (Å²) in [5.41, 5.74) is 1.27. The molecule has 3 rings (SSSR count). The Balaban J connectivity index is 1.41. The molecule has 1 aliphatic rings. The molecule has 30 heavy (non-hydrogen) atoms. The fourth-order valence-corrected chi connectivity index (χ4v) is 3.37. The summed E-state index contributed by atoms with van der Waals surface area (Å²) in [4.78, 5) is 38.6. The van der Waals surface area contributed by atoms with Crippen molar-refractivity contribution in [3.8, 4) is 5.75 Å². The van der Waals surface area contributed by atoms with Gasteiger partial charge >= 0.3 is 0 Å². The number of benzene rings is 1. The molecule has 1 saturated heterocycles. The van der Waals surface area contributed by atoms with E-state index in [0.717, 1.165) is 5.56 Å². The van der Waals surface area contributed by atoms with Crippen molar-refractivity contribution in [3.05, 3.63) is 53.5 Å². The molecule has 1 fully saturated rings. The van der Waals surface area contributed by atoms with Crippen molar-refractivity contribution in [1.82, 2.24) is 15.5 Å². The highest BCUT2D eigenvalue weighted by Crippen LogP contribution is 2.14. The quantitative estimate of drug-likeness (QED) is 0.724. The summed E-state index contributed by atoms with van der Waals surface area (Å²) in [6.07, 6.45) is 2.81. The Kier molecular flexibility index (Phi) is 7.11. The lowest BCUT2D eigenvalue weighted by atomic mass is 10.0. The monoisotopic (exact) mass is 413 g/mol. The second kappa shape index (κ2) is 9.96. The number of amides is 3. The van der Waals surface area contributed by atoms with Crippen molar-refractivity contribution in [2.45, 2.75) is 32.7 Å². The summed E-state index contributed by atoms with van der Waals surface area (Å²) in [7, 11) is 0. The third kappa shape index (κ3) is 5.40. The van der Waals surface area contributed by atoms with Crippen molar-refractivity contribution in [3.63, 3.8) is 0 Å². The van der Waals surface area contributed by atoms with Crippen LogP contribution in [0, 0.1) is 6.92 Å². The van der Waals surface area contributed by atoms with Gasteiger partial charge in [-0.15, -0.1) is 0 Å². The lowest BCUT2D eigenvalue weighted by Gasteiger charge is -2.32. The minimum Gasteiger partial charge on any atom is -0.494 e. The summed E-state index contributed by atoms with van der Waals surface area (Å²) in [6, 6.07) is 8.52. The number of hydrogen-bond acceptors (Lipinski definition) is 5. The van der Waals surface area contributed by atoms with E-state index >= 15 is 0 Å². The number of likely N-dealkylation sites (tertiary alicyclic amines) is 1. The molecule has 1 aliphatic heterocycles. The van der Waals surface area contributed by atoms with E-state index in [1.54, 1.807) is 35.2 Å². The number of hydrogen-bond donors (Lipinski definition) is 2. The Morgan fingerprint density at radius 1 is 1.10 bits per heavy atom. The van der Waals surface area contributed by atoms with E-state index in [0.29, 0.717) is 49.6 Å². The lowest BCUT2D eigenvalue weighted by Crippen LogP contribution is -2.49. The molecule has 2 N–H and O–H groups in total. The van der Waals surface area contributed by atoms with Crippen LogP contribution in [0.25, 0.3) is 0 Å². The molecule has 0 saturated carbocycles. The fourth-order valence-electron chi connectivity index (χ4n) is 3.37. The average Bonchev–Trinajstić information content (AvgIpc) is 3.19. The second-order valence-corrected chi connectivity index (χ2v) is 7.20. The maximum atomic E-state index is 12.4. The third-order valence-corrected chi connectivity index (χ3v) is 5.08. The van der Waals surface area contributed by atoms with Crippen molar-refractivity contribution in [2.75, 3.05) is 26.2 Å². The summed E-state index contributed by atoms with van der Waals surface area (Å²) in [5, 5.41) is 5.62. The van der Waals surface area contributed by atoms with Gasteiger partial charge < -0.3 is 24.7 Å². The number of furan rings is 1. The molecule has 2 heterocycles. The zero-order chi connectivity index (χ0) is 21.5. The van der Waals surface area contributed by atoms with Gasteiger partial charge in [0, 0.05) is 30.3 Å². The lowest BCUT2D eigenvalue weighted by molar-refractivity contribution is -0.131. The number of nitrogens with one attached hydrogen (secondary N) is 2. The Morgan fingerprint density at radius 2 is 1.80 bits per heavy atom. The van der Waals surface area contributed by atoms with Crippen LogP contribution in [0.5, 0.6) is 5.75 Å². The van der Waals surface area contributed by atoms with E-state index in [9.17, 15) is 14.4 Å². The SMILES string of the molecule is CCOc1ccc(C(=O)NCC(=O)N2CCC(NC(=O)c3occc3C)CC2)cc1. The molecule has 0 radical (unpaired) electrons. The highest BCUT2D eigenvalue weighted by molar-refractivity contribution is 5.96. The maximum absolute atomic E-state index is 12.4. The van der Waals surface area contributed by atoms with Crippen LogP contribution in [0.2, 0.25) is 0 Å². The fraction of sp³-hybridized carbons (Fsp3) is 0.409. The average molecular weight is 413 g/mol. The number of aryl methyl sites for hydroxylation is 1. The molecule has 0 bridgehead atoms. The normalized spacial score (nSPS) is 14.3. The standard InChI is InChI=1S/C22H27N3O5/c1-3-29-18-6-4-16(5-7-18)21(27)23-14-19(26)25-11-8-17(9-12-25)24-22(28)20-15(2)10-13-30-20/h4-7,10,13,17H,3,8-9,11-12,14H2,1-2H3,(H,23,27)(H,24,28). The van der Waals surface area contributed by atoms with Crippen LogP contribution in [-0.2, 0) is 4.79 Å². The van der Waals surface area contributed by atoms with Crippen LogP contribution in [-0.4, -0.2) is 54.9 Å². The first kappa shape index (κ1) is 21.4. The first-order chi connectivity index (χ1) is 14.5. The van der Waals surface area contributed by atoms with E-state index in [-0.39, 0.29) is 30.3 Å². The van der Waals surface area contributed by atoms with Gasteiger partial charge in [0.15, 0.2) is 5.76 Å². The van der Waals surface area contributed by atoms with Gasteiger partial charge in [0.25, 0.3) is 11.8 Å². The Hall–Kier alpha value is -3.29. The zero-order valence-corrected chi connectivity index (χ0v) is 17.3. The molecular weight excluding hydrogens is 386 g/mol. The highest BCUT2D eigenvalue weighted by atomic mass is 16.5. The Labute approximate surface area is 175 Å². The van der Waals surface area contributed by atoms with Crippen molar-refractivity contribution in [1.29, 1.82) is 0 Å². The first-order valence-corrected chi connectivity index (χ1v) is 10.1. The molecule has 0 unspecified atom stereocenters. The van der Waals surface area contributed by atoms with Gasteiger partial charge in [-0.25, -0.2) is 0 Å². The van der Waals surface area contributed by atoms with E-state index in [4.69, 9.17) is 9.15 Å². The molecule has 0 spiro atoms. The van der Waals surface area contributed by atoms with Gasteiger partial charge in [0.05, 0.1) is 19.4 Å². The highest BCUT2D eigenvalue weighted by Gasteiger charge is 2.25. The van der Waals surface area contributed by atoms with Crippen LogP contribution in [0.1, 0.15) is 46.2 Å². The molecule has 2 aromatic rings. The number of piperidine rings is 1. The maximum Gasteiger partial charge on any atom is 0.287 e. The Morgan fingerprint density at radius 3 is 2.40 bits per heavy atom. The van der Waals surface area contributed by atoms with E-state index in [2.05, 4.69) is 10.6 Å². The van der Waals surface area contributed by atoms with Gasteiger partial charge in [0.2, 0.25) is 5.91 Å². The van der Waals surface area contributed by atoms with Crippen LogP contribution in [0.3, 0.4) is 0 Å². The number of rotatable bonds is 7. The molecule has 8 heteroatoms. The van der Waals surface area contributed by atoms with Gasteiger partial charge in [-0.05, 0) is 57.0 Å². The van der Waals surface area contributed by atoms with E-state index in [1.165, 1.54) is 6.26 Å². The molecule has 1 aromatic heterocycles. The van der Waals surface area contributed by atoms with E-state index in [1.807, 2.05) is 13.8 Å². The Bertz CT molecular complexity index is 882.